The molecule has 174 valence electrons. The first kappa shape index (κ1) is 22.2. The molecule has 1 saturated heterocycles. The third-order valence-electron chi connectivity index (χ3n) is 5.69. The molecule has 4 heterocycles. The molecule has 1 fully saturated rings. The lowest BCUT2D eigenvalue weighted by Gasteiger charge is -2.24. The van der Waals surface area contributed by atoms with Gasteiger partial charge in [0.25, 0.3) is 5.91 Å². The number of H-pyrrole nitrogens is 1. The van der Waals surface area contributed by atoms with E-state index in [0.717, 1.165) is 27.4 Å². The maximum absolute atomic E-state index is 13.4. The van der Waals surface area contributed by atoms with E-state index in [2.05, 4.69) is 19.9 Å². The number of nitrogens with one attached hydrogen (secondary N) is 1. The van der Waals surface area contributed by atoms with E-state index in [-0.39, 0.29) is 24.5 Å². The average molecular weight is 477 g/mol. The Balaban J connectivity index is 1.37. The predicted octanol–water partition coefficient (Wildman–Crippen LogP) is 2.79. The Morgan fingerprint density at radius 1 is 1.21 bits per heavy atom. The second-order valence-corrected chi connectivity index (χ2v) is 9.27. The van der Waals surface area contributed by atoms with Crippen molar-refractivity contribution in [3.63, 3.8) is 0 Å². The van der Waals surface area contributed by atoms with E-state index < -0.39 is 0 Å². The average Bonchev–Trinajstić information content (AvgIpc) is 3.45. The number of ether oxygens (including phenoxy) is 1. The maximum Gasteiger partial charge on any atom is 0.254 e. The Kier molecular flexibility index (Phi) is 6.33. The smallest absolute Gasteiger partial charge is 0.254 e. The van der Waals surface area contributed by atoms with Crippen molar-refractivity contribution in [2.75, 3.05) is 19.6 Å². The molecule has 0 aliphatic carbocycles. The molecule has 34 heavy (non-hydrogen) atoms. The third-order valence-corrected chi connectivity index (χ3v) is 6.52. The van der Waals surface area contributed by atoms with Gasteiger partial charge >= 0.3 is 0 Å². The van der Waals surface area contributed by atoms with E-state index in [9.17, 15) is 9.59 Å². The number of rotatable bonds is 6. The van der Waals surface area contributed by atoms with Crippen molar-refractivity contribution in [2.45, 2.75) is 26.2 Å². The summed E-state index contributed by atoms with van der Waals surface area (Å²) in [4.78, 5) is 45.9. The number of aromatic amines is 1. The van der Waals surface area contributed by atoms with Crippen LogP contribution in [0, 0.1) is 6.92 Å². The van der Waals surface area contributed by atoms with Crippen molar-refractivity contribution in [3.8, 4) is 0 Å². The number of carbonyl (C=O) groups excluding carboxylic acids is 2. The van der Waals surface area contributed by atoms with Crippen LogP contribution < -0.4 is 0 Å². The quantitative estimate of drug-likeness (QED) is 0.459. The molecule has 0 saturated carbocycles. The minimum Gasteiger partial charge on any atom is -0.368 e. The van der Waals surface area contributed by atoms with Crippen LogP contribution in [0.25, 0.3) is 11.0 Å². The molecule has 0 radical (unpaired) electrons. The van der Waals surface area contributed by atoms with Crippen molar-refractivity contribution in [3.05, 3.63) is 76.3 Å². The van der Waals surface area contributed by atoms with E-state index in [1.165, 1.54) is 0 Å². The highest BCUT2D eigenvalue weighted by atomic mass is 32.1. The second-order valence-electron chi connectivity index (χ2n) is 8.21. The van der Waals surface area contributed by atoms with Gasteiger partial charge in [0.1, 0.15) is 6.54 Å². The minimum absolute atomic E-state index is 0.0214. The molecule has 1 aromatic carbocycles. The Hall–Kier alpha value is -3.63. The van der Waals surface area contributed by atoms with Crippen LogP contribution in [-0.2, 0) is 22.7 Å². The fourth-order valence-corrected chi connectivity index (χ4v) is 4.61. The molecule has 2 amide bonds. The first-order valence-electron chi connectivity index (χ1n) is 11.0. The standard InChI is InChI=1S/C24H24N6O3S/c1-16-28-19(14-34-16)9-29-10-20(33-13-18-4-2-3-7-25-18)11-30(12-23(29)31)24(32)17-5-6-21-22(8-17)27-15-26-21/h2-8,14-15,20H,9-13H2,1H3,(H,26,27)/t20-/m0/s1. The number of hydrogen-bond donors (Lipinski definition) is 1. The highest BCUT2D eigenvalue weighted by Crippen LogP contribution is 2.19. The van der Waals surface area contributed by atoms with Gasteiger partial charge in [-0.3, -0.25) is 14.6 Å². The van der Waals surface area contributed by atoms with Crippen molar-refractivity contribution in [2.24, 2.45) is 0 Å². The van der Waals surface area contributed by atoms with Gasteiger partial charge in [-0.25, -0.2) is 9.97 Å². The van der Waals surface area contributed by atoms with Gasteiger partial charge in [-0.1, -0.05) is 6.07 Å². The van der Waals surface area contributed by atoms with Gasteiger partial charge in [0, 0.05) is 30.2 Å². The van der Waals surface area contributed by atoms with Gasteiger partial charge in [-0.2, -0.15) is 0 Å². The van der Waals surface area contributed by atoms with Crippen LogP contribution in [0.3, 0.4) is 0 Å². The summed E-state index contributed by atoms with van der Waals surface area (Å²) in [5.41, 5.74) is 3.68. The fourth-order valence-electron chi connectivity index (χ4n) is 4.01. The molecule has 0 bridgehead atoms. The molecule has 10 heteroatoms. The normalized spacial score (nSPS) is 16.7. The number of carbonyl (C=O) groups is 2. The summed E-state index contributed by atoms with van der Waals surface area (Å²) >= 11 is 1.55. The molecule has 4 aromatic rings. The third kappa shape index (κ3) is 4.97. The van der Waals surface area contributed by atoms with E-state index in [4.69, 9.17) is 4.74 Å². The lowest BCUT2D eigenvalue weighted by atomic mass is 10.1. The molecular formula is C24H24N6O3S. The van der Waals surface area contributed by atoms with Crippen LogP contribution in [0.5, 0.6) is 0 Å². The molecule has 1 aliphatic heterocycles. The minimum atomic E-state index is -0.368. The zero-order valence-electron chi connectivity index (χ0n) is 18.7. The van der Waals surface area contributed by atoms with Crippen molar-refractivity contribution in [1.82, 2.24) is 29.7 Å². The summed E-state index contributed by atoms with van der Waals surface area (Å²) in [6.07, 6.45) is 2.94. The highest BCUT2D eigenvalue weighted by molar-refractivity contribution is 7.09. The molecule has 3 aromatic heterocycles. The number of fused-ring (bicyclic) bond motifs is 1. The van der Waals surface area contributed by atoms with Gasteiger partial charge in [-0.15, -0.1) is 11.3 Å². The van der Waals surface area contributed by atoms with Crippen molar-refractivity contribution in [1.29, 1.82) is 0 Å². The van der Waals surface area contributed by atoms with Crippen LogP contribution in [0.1, 0.15) is 26.8 Å². The fraction of sp³-hybridized carbons (Fsp3) is 0.292. The number of nitrogens with zero attached hydrogens (tertiary/aromatic N) is 5. The van der Waals surface area contributed by atoms with E-state index in [0.29, 0.717) is 31.8 Å². The zero-order chi connectivity index (χ0) is 23.5. The SMILES string of the molecule is Cc1nc(CN2C[C@H](OCc3ccccn3)CN(C(=O)c3ccc4nc[nH]c4c3)CC2=O)cs1. The van der Waals surface area contributed by atoms with Gasteiger partial charge in [0.05, 0.1) is 53.0 Å². The van der Waals surface area contributed by atoms with Crippen LogP contribution >= 0.6 is 11.3 Å². The summed E-state index contributed by atoms with van der Waals surface area (Å²) in [6.45, 7) is 3.26. The Morgan fingerprint density at radius 2 is 2.12 bits per heavy atom. The van der Waals surface area contributed by atoms with E-state index in [1.54, 1.807) is 51.9 Å². The Bertz CT molecular complexity index is 1300. The summed E-state index contributed by atoms with van der Waals surface area (Å²) < 4.78 is 6.16. The number of pyridine rings is 1. The number of hydrogen-bond acceptors (Lipinski definition) is 7. The van der Waals surface area contributed by atoms with Gasteiger partial charge < -0.3 is 19.5 Å². The summed E-state index contributed by atoms with van der Waals surface area (Å²) in [5, 5.41) is 2.91. The predicted molar refractivity (Wildman–Crippen MR) is 127 cm³/mol. The monoisotopic (exact) mass is 476 g/mol. The first-order valence-corrected chi connectivity index (χ1v) is 11.9. The van der Waals surface area contributed by atoms with Crippen LogP contribution in [0.2, 0.25) is 0 Å². The number of aromatic nitrogens is 4. The molecule has 1 aliphatic rings. The number of benzene rings is 1. The summed E-state index contributed by atoms with van der Waals surface area (Å²) in [7, 11) is 0. The van der Waals surface area contributed by atoms with Gasteiger partial charge in [-0.05, 0) is 37.3 Å². The number of imidazole rings is 1. The van der Waals surface area contributed by atoms with Crippen LogP contribution in [0.4, 0.5) is 0 Å². The molecular weight excluding hydrogens is 452 g/mol. The van der Waals surface area contributed by atoms with E-state index >= 15 is 0 Å². The lowest BCUT2D eigenvalue weighted by molar-refractivity contribution is -0.132. The first-order chi connectivity index (χ1) is 16.5. The topological polar surface area (TPSA) is 104 Å². The maximum atomic E-state index is 13.4. The number of aryl methyl sites for hydroxylation is 1. The molecule has 0 spiro atoms. The van der Waals surface area contributed by atoms with Gasteiger partial charge in [0.15, 0.2) is 0 Å². The second kappa shape index (κ2) is 9.70. The van der Waals surface area contributed by atoms with Crippen molar-refractivity contribution >= 4 is 34.2 Å². The molecule has 9 nitrogen and oxygen atoms in total. The zero-order valence-corrected chi connectivity index (χ0v) is 19.5. The largest absolute Gasteiger partial charge is 0.368 e. The number of thiazole rings is 1. The van der Waals surface area contributed by atoms with E-state index in [1.807, 2.05) is 30.5 Å². The molecule has 1 atom stereocenters. The lowest BCUT2D eigenvalue weighted by Crippen LogP contribution is -2.39. The highest BCUT2D eigenvalue weighted by Gasteiger charge is 2.32. The number of amides is 2. The van der Waals surface area contributed by atoms with Gasteiger partial charge in [0.2, 0.25) is 5.91 Å². The molecule has 5 rings (SSSR count). The summed E-state index contributed by atoms with van der Waals surface area (Å²) in [5.74, 6) is -0.354. The van der Waals surface area contributed by atoms with Crippen molar-refractivity contribution < 1.29 is 14.3 Å². The molecule has 1 N–H and O–H groups in total. The molecule has 0 unspecified atom stereocenters. The summed E-state index contributed by atoms with van der Waals surface area (Å²) in [6, 6.07) is 10.9. The Morgan fingerprint density at radius 3 is 2.91 bits per heavy atom. The Labute approximate surface area is 200 Å². The van der Waals surface area contributed by atoms with Crippen LogP contribution in [0.15, 0.2) is 54.3 Å². The van der Waals surface area contributed by atoms with Crippen LogP contribution in [-0.4, -0.2) is 67.3 Å².